The molecule has 0 saturated carbocycles. The Hall–Kier alpha value is -1.89. The van der Waals surface area contributed by atoms with Crippen LogP contribution in [0.5, 0.6) is 0 Å². The van der Waals surface area contributed by atoms with Gasteiger partial charge in [0.2, 0.25) is 0 Å². The molecule has 0 aromatic rings. The number of carboxylic acids is 3. The Morgan fingerprint density at radius 1 is 0.568 bits per heavy atom. The van der Waals surface area contributed by atoms with Crippen molar-refractivity contribution in [1.29, 1.82) is 0 Å². The van der Waals surface area contributed by atoms with Gasteiger partial charge in [0, 0.05) is 25.7 Å². The maximum Gasteiger partial charge on any atom is 0.306 e. The lowest BCUT2D eigenvalue weighted by molar-refractivity contribution is -0.929. The third-order valence-corrected chi connectivity index (χ3v) is 7.77. The molecule has 0 aliphatic heterocycles. The molecule has 0 aliphatic rings. The minimum absolute atomic E-state index is 0.488. The molecule has 7 heteroatoms. The highest BCUT2D eigenvalue weighted by Crippen LogP contribution is 2.21. The highest BCUT2D eigenvalue weighted by Gasteiger charge is 2.31. The van der Waals surface area contributed by atoms with E-state index < -0.39 is 35.7 Å². The van der Waals surface area contributed by atoms with Gasteiger partial charge in [0.15, 0.2) is 0 Å². The standard InChI is InChI=1S/C30H55NO6/c1-5-6-7-8-9-10-11-12-13-14-15-16-17-21-31(22-18-25(2)28(32)33,23-19-26(3)29(34)35)24-20-27(4)30(36)37/h14-15,25-27H,5-13,16-24H2,1-4H3,(H2-,32,33,34,35,36,37)/p+1/b15-14+. The van der Waals surface area contributed by atoms with Gasteiger partial charge in [-0.25, -0.2) is 0 Å². The van der Waals surface area contributed by atoms with E-state index in [9.17, 15) is 29.7 Å². The first kappa shape index (κ1) is 35.1. The van der Waals surface area contributed by atoms with E-state index in [0.29, 0.717) is 43.4 Å². The first-order chi connectivity index (χ1) is 17.5. The second kappa shape index (κ2) is 21.1. The van der Waals surface area contributed by atoms with Crippen LogP contribution in [-0.4, -0.2) is 63.9 Å². The summed E-state index contributed by atoms with van der Waals surface area (Å²) < 4.78 is 0.582. The number of hydrogen-bond donors (Lipinski definition) is 3. The van der Waals surface area contributed by atoms with E-state index in [4.69, 9.17) is 0 Å². The molecule has 0 aromatic carbocycles. The topological polar surface area (TPSA) is 112 Å². The van der Waals surface area contributed by atoms with Crippen molar-refractivity contribution in [2.75, 3.05) is 26.2 Å². The van der Waals surface area contributed by atoms with Gasteiger partial charge in [-0.3, -0.25) is 14.4 Å². The molecule has 0 amide bonds. The lowest BCUT2D eigenvalue weighted by Crippen LogP contribution is -2.52. The normalized spacial score (nSPS) is 15.8. The molecule has 216 valence electrons. The zero-order valence-electron chi connectivity index (χ0n) is 24.1. The summed E-state index contributed by atoms with van der Waals surface area (Å²) >= 11 is 0. The molecule has 0 fully saturated rings. The molecule has 0 radical (unpaired) electrons. The summed E-state index contributed by atoms with van der Waals surface area (Å²) in [5.74, 6) is -3.96. The Labute approximate surface area is 225 Å². The monoisotopic (exact) mass is 526 g/mol. The molecule has 0 aliphatic carbocycles. The van der Waals surface area contributed by atoms with Crippen molar-refractivity contribution < 1.29 is 34.2 Å². The minimum Gasteiger partial charge on any atom is -0.481 e. The van der Waals surface area contributed by atoms with Crippen molar-refractivity contribution in [3.8, 4) is 0 Å². The average Bonchev–Trinajstić information content (AvgIpc) is 2.86. The molecule has 0 aromatic heterocycles. The summed E-state index contributed by atoms with van der Waals surface area (Å²) in [6.07, 6.45) is 19.4. The van der Waals surface area contributed by atoms with Crippen LogP contribution in [0.25, 0.3) is 0 Å². The summed E-state index contributed by atoms with van der Waals surface area (Å²) in [4.78, 5) is 34.3. The molecule has 0 spiro atoms. The second-order valence-electron chi connectivity index (χ2n) is 11.2. The Kier molecular flexibility index (Phi) is 20.0. The van der Waals surface area contributed by atoms with Crippen molar-refractivity contribution >= 4 is 17.9 Å². The Morgan fingerprint density at radius 3 is 1.30 bits per heavy atom. The van der Waals surface area contributed by atoms with E-state index in [1.165, 1.54) is 51.4 Å². The number of allylic oxidation sites excluding steroid dienone is 2. The molecule has 3 atom stereocenters. The van der Waals surface area contributed by atoms with Gasteiger partial charge in [-0.2, -0.15) is 0 Å². The number of carbonyl (C=O) groups is 3. The van der Waals surface area contributed by atoms with Crippen molar-refractivity contribution in [2.45, 2.75) is 118 Å². The second-order valence-corrected chi connectivity index (χ2v) is 11.2. The predicted molar refractivity (Wildman–Crippen MR) is 150 cm³/mol. The van der Waals surface area contributed by atoms with Crippen LogP contribution in [0.4, 0.5) is 0 Å². The predicted octanol–water partition coefficient (Wildman–Crippen LogP) is 7.00. The van der Waals surface area contributed by atoms with Crippen molar-refractivity contribution in [3.05, 3.63) is 12.2 Å². The summed E-state index contributed by atoms with van der Waals surface area (Å²) in [6.45, 7) is 9.99. The van der Waals surface area contributed by atoms with E-state index in [1.807, 2.05) is 0 Å². The van der Waals surface area contributed by atoms with Crippen molar-refractivity contribution in [3.63, 3.8) is 0 Å². The molecule has 3 N–H and O–H groups in total. The van der Waals surface area contributed by atoms with Gasteiger partial charge in [-0.15, -0.1) is 0 Å². The molecule has 0 saturated heterocycles. The summed E-state index contributed by atoms with van der Waals surface area (Å²) in [6, 6.07) is 0. The van der Waals surface area contributed by atoms with Crippen LogP contribution in [0.3, 0.4) is 0 Å². The third kappa shape index (κ3) is 18.1. The molecule has 7 nitrogen and oxygen atoms in total. The zero-order chi connectivity index (χ0) is 28.1. The number of rotatable bonds is 25. The van der Waals surface area contributed by atoms with Crippen LogP contribution >= 0.6 is 0 Å². The Morgan fingerprint density at radius 2 is 0.919 bits per heavy atom. The van der Waals surface area contributed by atoms with Crippen LogP contribution in [0.2, 0.25) is 0 Å². The fourth-order valence-corrected chi connectivity index (χ4v) is 4.62. The van der Waals surface area contributed by atoms with Gasteiger partial charge < -0.3 is 19.8 Å². The van der Waals surface area contributed by atoms with E-state index in [0.717, 1.165) is 25.8 Å². The van der Waals surface area contributed by atoms with Crippen LogP contribution in [-0.2, 0) is 14.4 Å². The molecular formula is C30H56NO6+. The average molecular weight is 527 g/mol. The van der Waals surface area contributed by atoms with Gasteiger partial charge in [0.25, 0.3) is 0 Å². The van der Waals surface area contributed by atoms with E-state index >= 15 is 0 Å². The first-order valence-corrected chi connectivity index (χ1v) is 14.7. The minimum atomic E-state index is -0.834. The van der Waals surface area contributed by atoms with Crippen molar-refractivity contribution in [1.82, 2.24) is 0 Å². The summed E-state index contributed by atoms with van der Waals surface area (Å²) in [5, 5.41) is 28.2. The fourth-order valence-electron chi connectivity index (χ4n) is 4.62. The van der Waals surface area contributed by atoms with Crippen LogP contribution in [0.15, 0.2) is 12.2 Å². The maximum absolute atomic E-state index is 11.4. The molecule has 0 bridgehead atoms. The summed E-state index contributed by atoms with van der Waals surface area (Å²) in [5.41, 5.74) is 0. The highest BCUT2D eigenvalue weighted by molar-refractivity contribution is 5.70. The van der Waals surface area contributed by atoms with Crippen LogP contribution in [0, 0.1) is 17.8 Å². The van der Waals surface area contributed by atoms with Gasteiger partial charge in [0.05, 0.1) is 43.9 Å². The SMILES string of the molecule is CCCCCCCCCC/C=C/CCC[N+](CCC(C)C(=O)O)(CCC(C)C(=O)O)CCC(C)C(=O)O. The largest absolute Gasteiger partial charge is 0.481 e. The molecule has 3 unspecified atom stereocenters. The molecular weight excluding hydrogens is 470 g/mol. The third-order valence-electron chi connectivity index (χ3n) is 7.77. The molecule has 37 heavy (non-hydrogen) atoms. The highest BCUT2D eigenvalue weighted by atomic mass is 16.4. The number of nitrogens with zero attached hydrogens (tertiary/aromatic N) is 1. The van der Waals surface area contributed by atoms with Crippen LogP contribution < -0.4 is 0 Å². The zero-order valence-corrected chi connectivity index (χ0v) is 24.1. The molecule has 0 rings (SSSR count). The Balaban J connectivity index is 4.94. The lowest BCUT2D eigenvalue weighted by atomic mass is 10.0. The molecule has 0 heterocycles. The number of carboxylic acid groups (broad SMARTS) is 3. The van der Waals surface area contributed by atoms with Gasteiger partial charge in [-0.05, 0) is 19.3 Å². The van der Waals surface area contributed by atoms with E-state index in [1.54, 1.807) is 20.8 Å². The quantitative estimate of drug-likeness (QED) is 0.0670. The number of unbranched alkanes of at least 4 members (excludes halogenated alkanes) is 9. The van der Waals surface area contributed by atoms with E-state index in [-0.39, 0.29) is 0 Å². The lowest BCUT2D eigenvalue weighted by Gasteiger charge is -2.40. The number of quaternary nitrogens is 1. The smallest absolute Gasteiger partial charge is 0.306 e. The number of aliphatic carboxylic acids is 3. The van der Waals surface area contributed by atoms with Gasteiger partial charge in [0.1, 0.15) is 0 Å². The van der Waals surface area contributed by atoms with Crippen molar-refractivity contribution in [2.24, 2.45) is 17.8 Å². The van der Waals surface area contributed by atoms with Gasteiger partial charge in [-0.1, -0.05) is 84.8 Å². The first-order valence-electron chi connectivity index (χ1n) is 14.7. The fraction of sp³-hybridized carbons (Fsp3) is 0.833. The van der Waals surface area contributed by atoms with Crippen LogP contribution in [0.1, 0.15) is 118 Å². The Bertz CT molecular complexity index is 603. The van der Waals surface area contributed by atoms with Gasteiger partial charge >= 0.3 is 17.9 Å². The summed E-state index contributed by atoms with van der Waals surface area (Å²) in [7, 11) is 0. The maximum atomic E-state index is 11.4. The van der Waals surface area contributed by atoms with E-state index in [2.05, 4.69) is 19.1 Å². The number of hydrogen-bond acceptors (Lipinski definition) is 3.